The summed E-state index contributed by atoms with van der Waals surface area (Å²) in [5.41, 5.74) is -0.485. The molecular weight excluding hydrogens is 324 g/mol. The van der Waals surface area contributed by atoms with Gasteiger partial charge in [0, 0.05) is 25.8 Å². The van der Waals surface area contributed by atoms with E-state index in [1.807, 2.05) is 6.92 Å². The van der Waals surface area contributed by atoms with E-state index in [1.165, 1.54) is 4.68 Å². The Balaban J connectivity index is 2.27. The lowest BCUT2D eigenvalue weighted by atomic mass is 9.94. The van der Waals surface area contributed by atoms with Crippen LogP contribution in [0.25, 0.3) is 0 Å². The first-order valence-electron chi connectivity index (χ1n) is 5.51. The van der Waals surface area contributed by atoms with Crippen molar-refractivity contribution in [1.29, 1.82) is 0 Å². The first kappa shape index (κ1) is 13.9. The lowest BCUT2D eigenvalue weighted by Gasteiger charge is -2.33. The first-order chi connectivity index (χ1) is 8.34. The van der Waals surface area contributed by atoms with Gasteiger partial charge in [0.05, 0.1) is 0 Å². The highest BCUT2D eigenvalue weighted by molar-refractivity contribution is 9.10. The average Bonchev–Trinajstić information content (AvgIpc) is 2.58. The van der Waals surface area contributed by atoms with E-state index in [0.29, 0.717) is 26.1 Å². The summed E-state index contributed by atoms with van der Waals surface area (Å²) in [5.74, 6) is 0. The number of sulfonamides is 1. The van der Waals surface area contributed by atoms with Crippen LogP contribution >= 0.6 is 15.9 Å². The van der Waals surface area contributed by atoms with Crippen molar-refractivity contribution in [3.05, 3.63) is 4.60 Å². The number of hydrogen-bond acceptors (Lipinski definition) is 5. The molecule has 0 unspecified atom stereocenters. The molecule has 0 radical (unpaired) electrons. The van der Waals surface area contributed by atoms with Crippen LogP contribution in [0.3, 0.4) is 0 Å². The quantitative estimate of drug-likeness (QED) is 0.863. The van der Waals surface area contributed by atoms with Crippen LogP contribution in [0.1, 0.15) is 19.8 Å². The van der Waals surface area contributed by atoms with Crippen molar-refractivity contribution in [3.8, 4) is 0 Å². The van der Waals surface area contributed by atoms with Gasteiger partial charge in [-0.15, -0.1) is 5.10 Å². The summed E-state index contributed by atoms with van der Waals surface area (Å²) in [7, 11) is -2.11. The Morgan fingerprint density at radius 3 is 2.56 bits per heavy atom. The van der Waals surface area contributed by atoms with Crippen LogP contribution in [-0.4, -0.2) is 42.2 Å². The molecule has 0 aliphatic carbocycles. The molecule has 2 heterocycles. The smallest absolute Gasteiger partial charge is 0.261 e. The SMILES string of the molecule is Cn1nnc(Br)c1S(=O)(=O)NC1(C)CCOCC1. The minimum Gasteiger partial charge on any atom is -0.381 e. The van der Waals surface area contributed by atoms with Crippen molar-refractivity contribution < 1.29 is 13.2 Å². The van der Waals surface area contributed by atoms with Gasteiger partial charge in [0.15, 0.2) is 4.60 Å². The normalized spacial score (nSPS) is 19.9. The third kappa shape index (κ3) is 2.73. The average molecular weight is 339 g/mol. The topological polar surface area (TPSA) is 86.1 Å². The molecule has 102 valence electrons. The molecule has 1 aromatic heterocycles. The lowest BCUT2D eigenvalue weighted by molar-refractivity contribution is 0.0537. The van der Waals surface area contributed by atoms with Gasteiger partial charge in [0.1, 0.15) is 0 Å². The monoisotopic (exact) mass is 338 g/mol. The summed E-state index contributed by atoms with van der Waals surface area (Å²) >= 11 is 3.10. The molecule has 0 bridgehead atoms. The Kier molecular flexibility index (Phi) is 3.77. The van der Waals surface area contributed by atoms with E-state index in [-0.39, 0.29) is 9.63 Å². The predicted molar refractivity (Wildman–Crippen MR) is 67.5 cm³/mol. The van der Waals surface area contributed by atoms with Crippen LogP contribution in [0, 0.1) is 0 Å². The Morgan fingerprint density at radius 1 is 1.44 bits per heavy atom. The van der Waals surface area contributed by atoms with Crippen molar-refractivity contribution in [1.82, 2.24) is 19.7 Å². The number of nitrogens with one attached hydrogen (secondary N) is 1. The summed E-state index contributed by atoms with van der Waals surface area (Å²) in [6, 6.07) is 0. The molecule has 1 aliphatic rings. The zero-order valence-electron chi connectivity index (χ0n) is 10.2. The second-order valence-corrected chi connectivity index (χ2v) is 6.94. The minimum atomic E-state index is -3.65. The molecule has 0 amide bonds. The largest absolute Gasteiger partial charge is 0.381 e. The fourth-order valence-corrected chi connectivity index (χ4v) is 4.47. The van der Waals surface area contributed by atoms with Crippen molar-refractivity contribution in [2.24, 2.45) is 7.05 Å². The number of hydrogen-bond donors (Lipinski definition) is 1. The number of halogens is 1. The maximum atomic E-state index is 12.3. The molecule has 1 saturated heterocycles. The molecule has 1 aliphatic heterocycles. The fraction of sp³-hybridized carbons (Fsp3) is 0.778. The molecule has 1 aromatic rings. The van der Waals surface area contributed by atoms with Crippen LogP contribution in [0.2, 0.25) is 0 Å². The van der Waals surface area contributed by atoms with Gasteiger partial charge in [0.25, 0.3) is 10.0 Å². The van der Waals surface area contributed by atoms with E-state index in [2.05, 4.69) is 31.0 Å². The van der Waals surface area contributed by atoms with Gasteiger partial charge in [-0.1, -0.05) is 5.21 Å². The third-order valence-electron chi connectivity index (χ3n) is 2.97. The summed E-state index contributed by atoms with van der Waals surface area (Å²) in [4.78, 5) is 0. The number of ether oxygens (including phenoxy) is 1. The van der Waals surface area contributed by atoms with Crippen LogP contribution in [0.4, 0.5) is 0 Å². The summed E-state index contributed by atoms with van der Waals surface area (Å²) in [5, 5.41) is 7.40. The van der Waals surface area contributed by atoms with Gasteiger partial charge in [-0.2, -0.15) is 0 Å². The van der Waals surface area contributed by atoms with Gasteiger partial charge in [0.2, 0.25) is 5.03 Å². The van der Waals surface area contributed by atoms with E-state index in [0.717, 1.165) is 0 Å². The number of rotatable bonds is 3. The molecule has 0 aromatic carbocycles. The third-order valence-corrected chi connectivity index (χ3v) is 5.49. The van der Waals surface area contributed by atoms with E-state index >= 15 is 0 Å². The van der Waals surface area contributed by atoms with Crippen molar-refractivity contribution in [2.75, 3.05) is 13.2 Å². The molecular formula is C9H15BrN4O3S. The molecule has 2 rings (SSSR count). The number of nitrogens with zero attached hydrogens (tertiary/aromatic N) is 3. The standard InChI is InChI=1S/C9H15BrN4O3S/c1-9(3-5-17-6-4-9)12-18(15,16)8-7(10)11-13-14(8)2/h12H,3-6H2,1-2H3. The van der Waals surface area contributed by atoms with Gasteiger partial charge >= 0.3 is 0 Å². The molecule has 0 saturated carbocycles. The molecule has 7 nitrogen and oxygen atoms in total. The van der Waals surface area contributed by atoms with Gasteiger partial charge in [-0.3, -0.25) is 0 Å². The Hall–Kier alpha value is -0.510. The van der Waals surface area contributed by atoms with Crippen molar-refractivity contribution in [3.63, 3.8) is 0 Å². The van der Waals surface area contributed by atoms with Gasteiger partial charge < -0.3 is 4.74 Å². The van der Waals surface area contributed by atoms with Crippen molar-refractivity contribution >= 4 is 26.0 Å². The minimum absolute atomic E-state index is 0.0372. The van der Waals surface area contributed by atoms with E-state index in [1.54, 1.807) is 7.05 Å². The molecule has 0 spiro atoms. The molecule has 1 N–H and O–H groups in total. The molecule has 9 heteroatoms. The highest BCUT2D eigenvalue weighted by atomic mass is 79.9. The zero-order valence-corrected chi connectivity index (χ0v) is 12.6. The molecule has 18 heavy (non-hydrogen) atoms. The van der Waals surface area contributed by atoms with E-state index < -0.39 is 15.6 Å². The molecule has 1 fully saturated rings. The second kappa shape index (κ2) is 4.87. The highest BCUT2D eigenvalue weighted by Crippen LogP contribution is 2.25. The number of aryl methyl sites for hydroxylation is 1. The van der Waals surface area contributed by atoms with E-state index in [4.69, 9.17) is 4.74 Å². The fourth-order valence-electron chi connectivity index (χ4n) is 1.90. The molecule has 0 atom stereocenters. The summed E-state index contributed by atoms with van der Waals surface area (Å²) in [6.07, 6.45) is 1.30. The maximum absolute atomic E-state index is 12.3. The van der Waals surface area contributed by atoms with Crippen LogP contribution in [0.15, 0.2) is 9.63 Å². The lowest BCUT2D eigenvalue weighted by Crippen LogP contribution is -2.49. The predicted octanol–water partition coefficient (Wildman–Crippen LogP) is 0.425. The maximum Gasteiger partial charge on any atom is 0.261 e. The van der Waals surface area contributed by atoms with E-state index in [9.17, 15) is 8.42 Å². The second-order valence-electron chi connectivity index (χ2n) is 4.59. The van der Waals surface area contributed by atoms with Crippen LogP contribution in [0.5, 0.6) is 0 Å². The Bertz CT molecular complexity index is 517. The Morgan fingerprint density at radius 2 is 2.06 bits per heavy atom. The van der Waals surface area contributed by atoms with Gasteiger partial charge in [-0.25, -0.2) is 17.8 Å². The van der Waals surface area contributed by atoms with Gasteiger partial charge in [-0.05, 0) is 35.7 Å². The summed E-state index contributed by atoms with van der Waals surface area (Å²) < 4.78 is 34.1. The zero-order chi connectivity index (χ0) is 13.4. The van der Waals surface area contributed by atoms with Crippen molar-refractivity contribution in [2.45, 2.75) is 30.3 Å². The highest BCUT2D eigenvalue weighted by Gasteiger charge is 2.35. The van der Waals surface area contributed by atoms with Crippen LogP contribution in [-0.2, 0) is 21.8 Å². The number of aromatic nitrogens is 3. The van der Waals surface area contributed by atoms with Crippen LogP contribution < -0.4 is 4.72 Å². The Labute approximate surface area is 114 Å². The summed E-state index contributed by atoms with van der Waals surface area (Å²) in [6.45, 7) is 3.00. The first-order valence-corrected chi connectivity index (χ1v) is 7.79.